The number of hydrogen-bond acceptors (Lipinski definition) is 5. The summed E-state index contributed by atoms with van der Waals surface area (Å²) in [5.41, 5.74) is 2.42. The summed E-state index contributed by atoms with van der Waals surface area (Å²) in [5.74, 6) is 0.839. The first-order valence-corrected chi connectivity index (χ1v) is 9.19. The number of anilines is 2. The summed E-state index contributed by atoms with van der Waals surface area (Å²) in [4.78, 5) is 26.6. The van der Waals surface area contributed by atoms with Crippen molar-refractivity contribution in [3.8, 4) is 11.5 Å². The van der Waals surface area contributed by atoms with E-state index < -0.39 is 0 Å². The average Bonchev–Trinajstić information content (AvgIpc) is 3.42. The number of benzene rings is 2. The minimum atomic E-state index is -0.308. The maximum atomic E-state index is 12.6. The van der Waals surface area contributed by atoms with Crippen LogP contribution in [0, 0.1) is 0 Å². The Kier molecular flexibility index (Phi) is 5.20. The number of nitrogens with zero attached hydrogens (tertiary/aromatic N) is 1. The van der Waals surface area contributed by atoms with Crippen molar-refractivity contribution in [2.24, 2.45) is 0 Å². The second-order valence-corrected chi connectivity index (χ2v) is 6.52. The number of fused-ring (bicyclic) bond motifs is 1. The molecule has 4 rings (SSSR count). The van der Waals surface area contributed by atoms with Crippen molar-refractivity contribution in [1.29, 1.82) is 0 Å². The lowest BCUT2D eigenvalue weighted by Gasteiger charge is -2.17. The second kappa shape index (κ2) is 8.10. The Bertz CT molecular complexity index is 1030. The van der Waals surface area contributed by atoms with Crippen molar-refractivity contribution in [2.75, 3.05) is 30.5 Å². The number of furan rings is 1. The maximum Gasteiger partial charge on any atom is 0.293 e. The summed E-state index contributed by atoms with van der Waals surface area (Å²) in [6.45, 7) is 0.412. The standard InChI is InChI=1S/C22H20N2O5/c1-27-18-5-2-3-6-19(18)29-14-21(25)23-16-9-8-15-10-11-24(17(15)13-16)22(26)20-7-4-12-28-20/h2-9,12-13H,10-11,14H2,1H3,(H,23,25). The van der Waals surface area contributed by atoms with Gasteiger partial charge in [-0.2, -0.15) is 0 Å². The molecule has 0 spiro atoms. The van der Waals surface area contributed by atoms with E-state index >= 15 is 0 Å². The molecule has 0 unspecified atom stereocenters. The van der Waals surface area contributed by atoms with Gasteiger partial charge in [-0.1, -0.05) is 18.2 Å². The number of nitrogens with one attached hydrogen (secondary N) is 1. The van der Waals surface area contributed by atoms with Crippen molar-refractivity contribution in [3.63, 3.8) is 0 Å². The Hall–Kier alpha value is -3.74. The Morgan fingerprint density at radius 1 is 1.10 bits per heavy atom. The van der Waals surface area contributed by atoms with E-state index in [0.717, 1.165) is 17.7 Å². The number of carbonyl (C=O) groups excluding carboxylic acids is 2. The van der Waals surface area contributed by atoms with Gasteiger partial charge < -0.3 is 24.1 Å². The zero-order valence-corrected chi connectivity index (χ0v) is 15.9. The highest BCUT2D eigenvalue weighted by Gasteiger charge is 2.27. The molecule has 0 atom stereocenters. The van der Waals surface area contributed by atoms with Gasteiger partial charge in [-0.3, -0.25) is 9.59 Å². The highest BCUT2D eigenvalue weighted by Crippen LogP contribution is 2.32. The summed E-state index contributed by atoms with van der Waals surface area (Å²) in [6, 6.07) is 16.0. The summed E-state index contributed by atoms with van der Waals surface area (Å²) >= 11 is 0. The van der Waals surface area contributed by atoms with Crippen LogP contribution in [-0.2, 0) is 11.2 Å². The number of hydrogen-bond donors (Lipinski definition) is 1. The summed E-state index contributed by atoms with van der Waals surface area (Å²) in [5, 5.41) is 2.81. The van der Waals surface area contributed by atoms with E-state index in [9.17, 15) is 9.59 Å². The first kappa shape index (κ1) is 18.6. The fourth-order valence-electron chi connectivity index (χ4n) is 3.28. The number of rotatable bonds is 6. The lowest BCUT2D eigenvalue weighted by Crippen LogP contribution is -2.28. The number of amides is 2. The van der Waals surface area contributed by atoms with Crippen LogP contribution >= 0.6 is 0 Å². The highest BCUT2D eigenvalue weighted by atomic mass is 16.5. The van der Waals surface area contributed by atoms with Crippen LogP contribution in [-0.4, -0.2) is 32.1 Å². The molecule has 0 saturated heterocycles. The molecule has 1 aliphatic rings. The summed E-state index contributed by atoms with van der Waals surface area (Å²) < 4.78 is 16.0. The number of para-hydroxylation sites is 2. The van der Waals surface area contributed by atoms with E-state index in [2.05, 4.69) is 5.32 Å². The lowest BCUT2D eigenvalue weighted by molar-refractivity contribution is -0.118. The third-order valence-corrected chi connectivity index (χ3v) is 4.67. The van der Waals surface area contributed by atoms with Gasteiger partial charge in [0.1, 0.15) is 0 Å². The molecule has 29 heavy (non-hydrogen) atoms. The van der Waals surface area contributed by atoms with E-state index in [1.165, 1.54) is 6.26 Å². The Morgan fingerprint density at radius 3 is 2.69 bits per heavy atom. The predicted molar refractivity (Wildman–Crippen MR) is 108 cm³/mol. The molecule has 1 N–H and O–H groups in total. The van der Waals surface area contributed by atoms with E-state index in [-0.39, 0.29) is 24.2 Å². The average molecular weight is 392 g/mol. The van der Waals surface area contributed by atoms with Gasteiger partial charge in [0.05, 0.1) is 13.4 Å². The fraction of sp³-hybridized carbons (Fsp3) is 0.182. The normalized spacial score (nSPS) is 12.4. The number of ether oxygens (including phenoxy) is 2. The van der Waals surface area contributed by atoms with E-state index in [1.54, 1.807) is 48.4 Å². The third kappa shape index (κ3) is 3.94. The molecule has 7 nitrogen and oxygen atoms in total. The maximum absolute atomic E-state index is 12.6. The van der Waals surface area contributed by atoms with Crippen molar-refractivity contribution < 1.29 is 23.5 Å². The Labute approximate surface area is 167 Å². The zero-order chi connectivity index (χ0) is 20.2. The predicted octanol–water partition coefficient (Wildman–Crippen LogP) is 3.51. The molecule has 1 aliphatic heterocycles. The van der Waals surface area contributed by atoms with Crippen LogP contribution in [0.15, 0.2) is 65.3 Å². The van der Waals surface area contributed by atoms with Gasteiger partial charge >= 0.3 is 0 Å². The second-order valence-electron chi connectivity index (χ2n) is 6.52. The van der Waals surface area contributed by atoms with Crippen LogP contribution in [0.4, 0.5) is 11.4 Å². The molecule has 0 radical (unpaired) electrons. The molecule has 148 valence electrons. The molecule has 2 amide bonds. The first-order chi connectivity index (χ1) is 14.2. The smallest absolute Gasteiger partial charge is 0.293 e. The van der Waals surface area contributed by atoms with E-state index in [1.807, 2.05) is 18.2 Å². The number of carbonyl (C=O) groups is 2. The monoisotopic (exact) mass is 392 g/mol. The molecular weight excluding hydrogens is 372 g/mol. The van der Waals surface area contributed by atoms with Crippen molar-refractivity contribution in [1.82, 2.24) is 0 Å². The van der Waals surface area contributed by atoms with Crippen molar-refractivity contribution >= 4 is 23.2 Å². The van der Waals surface area contributed by atoms with Gasteiger partial charge in [0, 0.05) is 17.9 Å². The van der Waals surface area contributed by atoms with Crippen LogP contribution in [0.2, 0.25) is 0 Å². The summed E-state index contributed by atoms with van der Waals surface area (Å²) in [6.07, 6.45) is 2.23. The van der Waals surface area contributed by atoms with Crippen LogP contribution < -0.4 is 19.7 Å². The minimum Gasteiger partial charge on any atom is -0.493 e. The van der Waals surface area contributed by atoms with Gasteiger partial charge in [0.15, 0.2) is 23.9 Å². The van der Waals surface area contributed by atoms with E-state index in [4.69, 9.17) is 13.9 Å². The number of methoxy groups -OCH3 is 1. The van der Waals surface area contributed by atoms with Crippen molar-refractivity contribution in [2.45, 2.75) is 6.42 Å². The van der Waals surface area contributed by atoms with Crippen LogP contribution in [0.5, 0.6) is 11.5 Å². The Balaban J connectivity index is 1.43. The molecule has 2 heterocycles. The van der Waals surface area contributed by atoms with Crippen LogP contribution in [0.25, 0.3) is 0 Å². The van der Waals surface area contributed by atoms with Gasteiger partial charge in [-0.05, 0) is 48.4 Å². The molecular formula is C22H20N2O5. The molecule has 0 bridgehead atoms. The molecule has 2 aromatic carbocycles. The first-order valence-electron chi connectivity index (χ1n) is 9.19. The SMILES string of the molecule is COc1ccccc1OCC(=O)Nc1ccc2c(c1)N(C(=O)c1ccco1)CC2. The topological polar surface area (TPSA) is 81.0 Å². The molecule has 0 aliphatic carbocycles. The Morgan fingerprint density at radius 2 is 1.93 bits per heavy atom. The quantitative estimate of drug-likeness (QED) is 0.694. The molecule has 7 heteroatoms. The van der Waals surface area contributed by atoms with Crippen LogP contribution in [0.1, 0.15) is 16.1 Å². The minimum absolute atomic E-state index is 0.160. The van der Waals surface area contributed by atoms with Gasteiger partial charge in [0.25, 0.3) is 11.8 Å². The largest absolute Gasteiger partial charge is 0.493 e. The zero-order valence-electron chi connectivity index (χ0n) is 15.9. The summed E-state index contributed by atoms with van der Waals surface area (Å²) in [7, 11) is 1.54. The fourth-order valence-corrected chi connectivity index (χ4v) is 3.28. The molecule has 0 saturated carbocycles. The van der Waals surface area contributed by atoms with E-state index in [0.29, 0.717) is 23.7 Å². The molecule has 0 fully saturated rings. The molecule has 1 aromatic heterocycles. The van der Waals surface area contributed by atoms with Gasteiger partial charge in [0.2, 0.25) is 0 Å². The van der Waals surface area contributed by atoms with Gasteiger partial charge in [-0.15, -0.1) is 0 Å². The lowest BCUT2D eigenvalue weighted by atomic mass is 10.1. The third-order valence-electron chi connectivity index (χ3n) is 4.67. The molecule has 3 aromatic rings. The highest BCUT2D eigenvalue weighted by molar-refractivity contribution is 6.06. The van der Waals surface area contributed by atoms with Crippen molar-refractivity contribution in [3.05, 3.63) is 72.2 Å². The van der Waals surface area contributed by atoms with Gasteiger partial charge in [-0.25, -0.2) is 0 Å². The van der Waals surface area contributed by atoms with Crippen LogP contribution in [0.3, 0.4) is 0 Å².